The van der Waals surface area contributed by atoms with Crippen molar-refractivity contribution in [1.82, 2.24) is 0 Å². The third-order valence-corrected chi connectivity index (χ3v) is 4.38. The van der Waals surface area contributed by atoms with Crippen molar-refractivity contribution in [3.8, 4) is 0 Å². The van der Waals surface area contributed by atoms with Gasteiger partial charge in [-0.25, -0.2) is 0 Å². The Morgan fingerprint density at radius 2 is 2.42 bits per heavy atom. The van der Waals surface area contributed by atoms with Crippen LogP contribution in [0.1, 0.15) is 16.9 Å². The lowest BCUT2D eigenvalue weighted by molar-refractivity contribution is 0.0656. The Balaban J connectivity index is 2.34. The molecule has 2 heterocycles. The van der Waals surface area contributed by atoms with Crippen LogP contribution in [0, 0.1) is 6.92 Å². The van der Waals surface area contributed by atoms with Crippen molar-refractivity contribution in [1.29, 1.82) is 0 Å². The van der Waals surface area contributed by atoms with Crippen LogP contribution in [0.4, 0.5) is 0 Å². The summed E-state index contributed by atoms with van der Waals surface area (Å²) in [6.45, 7) is 2.08. The molecule has 1 unspecified atom stereocenters. The molecule has 12 heavy (non-hydrogen) atoms. The Kier molecular flexibility index (Phi) is 2.19. The lowest BCUT2D eigenvalue weighted by atomic mass is 9.94. The minimum Gasteiger partial charge on any atom is -0.384 e. The van der Waals surface area contributed by atoms with Crippen molar-refractivity contribution in [3.05, 3.63) is 21.9 Å². The van der Waals surface area contributed by atoms with Gasteiger partial charge in [0.25, 0.3) is 0 Å². The molecule has 3 heteroatoms. The first-order chi connectivity index (χ1) is 5.72. The molecule has 0 aromatic carbocycles. The third kappa shape index (κ3) is 1.30. The Hall–Kier alpha value is 0.01000. The summed E-state index contributed by atoms with van der Waals surface area (Å²) in [5, 5.41) is 12.3. The van der Waals surface area contributed by atoms with Gasteiger partial charge in [0.2, 0.25) is 0 Å². The second kappa shape index (κ2) is 3.05. The lowest BCUT2D eigenvalue weighted by Crippen LogP contribution is -2.24. The van der Waals surface area contributed by atoms with Gasteiger partial charge in [0.1, 0.15) is 5.60 Å². The topological polar surface area (TPSA) is 20.2 Å². The summed E-state index contributed by atoms with van der Waals surface area (Å²) >= 11 is 3.56. The molecule has 2 rings (SSSR count). The molecule has 1 saturated heterocycles. The molecule has 0 radical (unpaired) electrons. The van der Waals surface area contributed by atoms with E-state index in [2.05, 4.69) is 18.4 Å². The van der Waals surface area contributed by atoms with Crippen LogP contribution in [-0.4, -0.2) is 16.6 Å². The smallest absolute Gasteiger partial charge is 0.100 e. The standard InChI is InChI=1S/C9H12OS2/c1-7-8(2-4-12-7)9(10)3-5-11-6-9/h2,4,10H,3,5-6H2,1H3. The minimum absolute atomic E-state index is 0.519. The molecule has 0 spiro atoms. The van der Waals surface area contributed by atoms with Gasteiger partial charge in [-0.2, -0.15) is 11.8 Å². The van der Waals surface area contributed by atoms with Gasteiger partial charge in [-0.3, -0.25) is 0 Å². The molecular formula is C9H12OS2. The second-order valence-corrected chi connectivity index (χ2v) is 5.45. The van der Waals surface area contributed by atoms with E-state index in [1.54, 1.807) is 11.3 Å². The first-order valence-corrected chi connectivity index (χ1v) is 6.10. The highest BCUT2D eigenvalue weighted by atomic mass is 32.2. The first-order valence-electron chi connectivity index (χ1n) is 4.07. The zero-order valence-electron chi connectivity index (χ0n) is 7.04. The quantitative estimate of drug-likeness (QED) is 0.751. The molecule has 66 valence electrons. The van der Waals surface area contributed by atoms with Crippen LogP contribution in [0.2, 0.25) is 0 Å². The van der Waals surface area contributed by atoms with E-state index in [9.17, 15) is 5.11 Å². The summed E-state index contributed by atoms with van der Waals surface area (Å²) in [5.41, 5.74) is 0.631. The van der Waals surface area contributed by atoms with Crippen molar-refractivity contribution in [3.63, 3.8) is 0 Å². The van der Waals surface area contributed by atoms with Gasteiger partial charge >= 0.3 is 0 Å². The number of aliphatic hydroxyl groups is 1. The Bertz CT molecular complexity index is 274. The molecule has 1 aromatic rings. The maximum Gasteiger partial charge on any atom is 0.100 e. The van der Waals surface area contributed by atoms with Gasteiger partial charge in [0.05, 0.1) is 0 Å². The molecule has 1 nitrogen and oxygen atoms in total. The minimum atomic E-state index is -0.519. The molecule has 1 N–H and O–H groups in total. The van der Waals surface area contributed by atoms with Crippen LogP contribution in [0.15, 0.2) is 11.4 Å². The number of thioether (sulfide) groups is 1. The van der Waals surface area contributed by atoms with Gasteiger partial charge in [0.15, 0.2) is 0 Å². The molecule has 1 aliphatic rings. The van der Waals surface area contributed by atoms with Crippen LogP contribution in [0.5, 0.6) is 0 Å². The molecule has 0 aliphatic carbocycles. The Labute approximate surface area is 80.8 Å². The fraction of sp³-hybridized carbons (Fsp3) is 0.556. The van der Waals surface area contributed by atoms with Crippen molar-refractivity contribution in [2.45, 2.75) is 18.9 Å². The normalized spacial score (nSPS) is 29.5. The van der Waals surface area contributed by atoms with E-state index < -0.39 is 5.60 Å². The summed E-state index contributed by atoms with van der Waals surface area (Å²) in [4.78, 5) is 1.26. The fourth-order valence-electron chi connectivity index (χ4n) is 1.63. The summed E-state index contributed by atoms with van der Waals surface area (Å²) in [5.74, 6) is 1.95. The zero-order valence-corrected chi connectivity index (χ0v) is 8.67. The lowest BCUT2D eigenvalue weighted by Gasteiger charge is -2.21. The number of thiophene rings is 1. The van der Waals surface area contributed by atoms with E-state index >= 15 is 0 Å². The van der Waals surface area contributed by atoms with Gasteiger partial charge in [0, 0.05) is 10.6 Å². The average molecular weight is 200 g/mol. The highest BCUT2D eigenvalue weighted by molar-refractivity contribution is 7.99. The maximum absolute atomic E-state index is 10.2. The van der Waals surface area contributed by atoms with Crippen molar-refractivity contribution < 1.29 is 5.11 Å². The van der Waals surface area contributed by atoms with Gasteiger partial charge in [-0.15, -0.1) is 11.3 Å². The number of rotatable bonds is 1. The highest BCUT2D eigenvalue weighted by Gasteiger charge is 2.35. The molecule has 1 fully saturated rings. The molecular weight excluding hydrogens is 188 g/mol. The zero-order chi connectivity index (χ0) is 8.60. The third-order valence-electron chi connectivity index (χ3n) is 2.36. The van der Waals surface area contributed by atoms with Crippen LogP contribution in [0.3, 0.4) is 0 Å². The summed E-state index contributed by atoms with van der Waals surface area (Å²) in [7, 11) is 0. The second-order valence-electron chi connectivity index (χ2n) is 3.22. The SMILES string of the molecule is Cc1sccc1C1(O)CCSC1. The van der Waals surface area contributed by atoms with Crippen molar-refractivity contribution >= 4 is 23.1 Å². The van der Waals surface area contributed by atoms with E-state index in [-0.39, 0.29) is 0 Å². The van der Waals surface area contributed by atoms with Gasteiger partial charge in [-0.1, -0.05) is 0 Å². The molecule has 0 saturated carbocycles. The van der Waals surface area contributed by atoms with E-state index in [1.807, 2.05) is 11.8 Å². The monoisotopic (exact) mass is 200 g/mol. The predicted octanol–water partition coefficient (Wildman–Crippen LogP) is 2.38. The summed E-state index contributed by atoms with van der Waals surface area (Å²) < 4.78 is 0. The molecule has 1 aliphatic heterocycles. The van der Waals surface area contributed by atoms with Gasteiger partial charge in [-0.05, 0) is 36.1 Å². The number of aryl methyl sites for hydroxylation is 1. The number of hydrogen-bond donors (Lipinski definition) is 1. The van der Waals surface area contributed by atoms with Gasteiger partial charge < -0.3 is 5.11 Å². The van der Waals surface area contributed by atoms with Crippen molar-refractivity contribution in [2.24, 2.45) is 0 Å². The number of hydrogen-bond acceptors (Lipinski definition) is 3. The Morgan fingerprint density at radius 3 is 2.92 bits per heavy atom. The summed E-state index contributed by atoms with van der Waals surface area (Å²) in [6.07, 6.45) is 0.912. The Morgan fingerprint density at radius 1 is 1.58 bits per heavy atom. The predicted molar refractivity (Wildman–Crippen MR) is 54.9 cm³/mol. The molecule has 1 atom stereocenters. The highest BCUT2D eigenvalue weighted by Crippen LogP contribution is 2.39. The fourth-order valence-corrected chi connectivity index (χ4v) is 3.69. The molecule has 0 amide bonds. The van der Waals surface area contributed by atoms with E-state index in [4.69, 9.17) is 0 Å². The van der Waals surface area contributed by atoms with Crippen LogP contribution >= 0.6 is 23.1 Å². The van der Waals surface area contributed by atoms with E-state index in [1.165, 1.54) is 4.88 Å². The summed E-state index contributed by atoms with van der Waals surface area (Å²) in [6, 6.07) is 2.06. The van der Waals surface area contributed by atoms with Crippen LogP contribution < -0.4 is 0 Å². The van der Waals surface area contributed by atoms with E-state index in [0.717, 1.165) is 23.5 Å². The molecule has 0 bridgehead atoms. The average Bonchev–Trinajstić information content (AvgIpc) is 2.59. The van der Waals surface area contributed by atoms with Crippen LogP contribution in [0.25, 0.3) is 0 Å². The largest absolute Gasteiger partial charge is 0.384 e. The van der Waals surface area contributed by atoms with Crippen molar-refractivity contribution in [2.75, 3.05) is 11.5 Å². The first kappa shape index (κ1) is 8.60. The molecule has 1 aromatic heterocycles. The maximum atomic E-state index is 10.2. The van der Waals surface area contributed by atoms with E-state index in [0.29, 0.717) is 0 Å². The van der Waals surface area contributed by atoms with Crippen LogP contribution in [-0.2, 0) is 5.60 Å².